The molecule has 0 aliphatic rings. The lowest BCUT2D eigenvalue weighted by Gasteiger charge is -2.16. The van der Waals surface area contributed by atoms with Crippen molar-refractivity contribution < 1.29 is 14.3 Å². The monoisotopic (exact) mass is 483 g/mol. The minimum Gasteiger partial charge on any atom is -0.393 e. The lowest BCUT2D eigenvalue weighted by Crippen LogP contribution is -2.31. The normalized spacial score (nSPS) is 12.2. The van der Waals surface area contributed by atoms with Gasteiger partial charge in [-0.2, -0.15) is 8.75 Å². The third-order valence-electron chi connectivity index (χ3n) is 5.11. The van der Waals surface area contributed by atoms with Gasteiger partial charge in [0.1, 0.15) is 23.0 Å². The first-order chi connectivity index (χ1) is 16.3. The van der Waals surface area contributed by atoms with Gasteiger partial charge in [-0.05, 0) is 45.0 Å². The number of nitrogens with one attached hydrogen (secondary N) is 4. The summed E-state index contributed by atoms with van der Waals surface area (Å²) in [6, 6.07) is 9.53. The zero-order chi connectivity index (χ0) is 24.2. The number of amides is 1. The Labute approximate surface area is 200 Å². The third kappa shape index (κ3) is 5.32. The van der Waals surface area contributed by atoms with Crippen LogP contribution in [0.2, 0.25) is 0 Å². The Kier molecular flexibility index (Phi) is 7.03. The molecule has 0 fully saturated rings. The number of alkyl halides is 1. The fraction of sp³-hybridized carbons (Fsp3) is 0.304. The van der Waals surface area contributed by atoms with E-state index < -0.39 is 18.7 Å². The van der Waals surface area contributed by atoms with Crippen LogP contribution in [0.25, 0.3) is 22.3 Å². The molecule has 4 aromatic rings. The number of hydrogen-bond acceptors (Lipinski definition) is 8. The van der Waals surface area contributed by atoms with Crippen LogP contribution in [0.4, 0.5) is 21.6 Å². The lowest BCUT2D eigenvalue weighted by atomic mass is 10.1. The maximum Gasteiger partial charge on any atom is 0.253 e. The molecule has 0 saturated heterocycles. The highest BCUT2D eigenvalue weighted by atomic mass is 32.1. The fourth-order valence-corrected chi connectivity index (χ4v) is 4.00. The third-order valence-corrected chi connectivity index (χ3v) is 5.66. The van der Waals surface area contributed by atoms with Gasteiger partial charge >= 0.3 is 0 Å². The zero-order valence-electron chi connectivity index (χ0n) is 19.0. The van der Waals surface area contributed by atoms with Crippen molar-refractivity contribution in [3.63, 3.8) is 0 Å². The lowest BCUT2D eigenvalue weighted by molar-refractivity contribution is 0.0927. The van der Waals surface area contributed by atoms with Crippen LogP contribution in [-0.4, -0.2) is 55.1 Å². The number of nitrogens with zero attached hydrogens (tertiary/aromatic N) is 3. The van der Waals surface area contributed by atoms with Crippen LogP contribution in [0.3, 0.4) is 0 Å². The highest BCUT2D eigenvalue weighted by molar-refractivity contribution is 7.00. The molecule has 34 heavy (non-hydrogen) atoms. The first-order valence-corrected chi connectivity index (χ1v) is 11.6. The van der Waals surface area contributed by atoms with Gasteiger partial charge in [-0.1, -0.05) is 0 Å². The average Bonchev–Trinajstić information content (AvgIpc) is 3.43. The van der Waals surface area contributed by atoms with Crippen molar-refractivity contribution in [3.8, 4) is 11.3 Å². The molecule has 0 spiro atoms. The number of carbonyl (C=O) groups excluding carboxylic acids is 1. The highest BCUT2D eigenvalue weighted by Gasteiger charge is 2.18. The standard InChI is InChI=1S/C23H26FN7O2S/c1-12(2)27-20-8-22(29-15-4-5-18-21(6-15)31-34-30-18)25-10-17(20)19-7-16(13(3)28-19)23(33)26-9-14(24)11-32/h4-8,10,12,14,28,32H,9,11H2,1-3H3,(H,26,33)(H2,25,27,29). The van der Waals surface area contributed by atoms with Crippen LogP contribution in [0.5, 0.6) is 0 Å². The number of pyridine rings is 1. The fourth-order valence-electron chi connectivity index (χ4n) is 3.48. The van der Waals surface area contributed by atoms with E-state index in [1.165, 1.54) is 11.7 Å². The molecule has 1 atom stereocenters. The molecule has 4 rings (SSSR count). The number of H-pyrrole nitrogens is 1. The van der Waals surface area contributed by atoms with Crippen molar-refractivity contribution >= 4 is 45.9 Å². The molecule has 1 aromatic carbocycles. The Morgan fingerprint density at radius 2 is 2.00 bits per heavy atom. The minimum absolute atomic E-state index is 0.158. The predicted molar refractivity (Wildman–Crippen MR) is 133 cm³/mol. The molecule has 0 saturated carbocycles. The van der Waals surface area contributed by atoms with E-state index in [0.29, 0.717) is 22.8 Å². The van der Waals surface area contributed by atoms with Crippen molar-refractivity contribution in [2.45, 2.75) is 33.0 Å². The van der Waals surface area contributed by atoms with Crippen molar-refractivity contribution in [1.82, 2.24) is 24.0 Å². The van der Waals surface area contributed by atoms with E-state index in [1.807, 2.05) is 38.1 Å². The molecule has 5 N–H and O–H groups in total. The molecule has 11 heteroatoms. The van der Waals surface area contributed by atoms with E-state index in [1.54, 1.807) is 19.2 Å². The molecule has 0 radical (unpaired) electrons. The Hall–Kier alpha value is -3.57. The molecule has 3 heterocycles. The number of aryl methyl sites for hydroxylation is 1. The maximum atomic E-state index is 13.3. The molecule has 178 valence electrons. The quantitative estimate of drug-likeness (QED) is 0.243. The van der Waals surface area contributed by atoms with Crippen LogP contribution in [0.15, 0.2) is 36.5 Å². The first kappa shape index (κ1) is 23.6. The summed E-state index contributed by atoms with van der Waals surface area (Å²) >= 11 is 1.17. The van der Waals surface area contributed by atoms with Gasteiger partial charge < -0.3 is 26.0 Å². The molecule has 1 amide bonds. The van der Waals surface area contributed by atoms with Crippen molar-refractivity contribution in [2.24, 2.45) is 0 Å². The molecule has 9 nitrogen and oxygen atoms in total. The number of hydrogen-bond donors (Lipinski definition) is 5. The number of aromatic nitrogens is 4. The number of aromatic amines is 1. The van der Waals surface area contributed by atoms with E-state index >= 15 is 0 Å². The zero-order valence-corrected chi connectivity index (χ0v) is 19.8. The summed E-state index contributed by atoms with van der Waals surface area (Å²) in [7, 11) is 0. The number of fused-ring (bicyclic) bond motifs is 1. The molecule has 0 bridgehead atoms. The summed E-state index contributed by atoms with van der Waals surface area (Å²) in [5.74, 6) is 0.237. The van der Waals surface area contributed by atoms with E-state index in [4.69, 9.17) is 5.11 Å². The average molecular weight is 484 g/mol. The van der Waals surface area contributed by atoms with Gasteiger partial charge in [-0.3, -0.25) is 4.79 Å². The summed E-state index contributed by atoms with van der Waals surface area (Å²) in [4.78, 5) is 20.3. The Morgan fingerprint density at radius 3 is 2.76 bits per heavy atom. The Balaban J connectivity index is 1.60. The second-order valence-corrected chi connectivity index (χ2v) is 8.75. The van der Waals surface area contributed by atoms with E-state index in [-0.39, 0.29) is 12.6 Å². The second-order valence-electron chi connectivity index (χ2n) is 8.22. The Morgan fingerprint density at radius 1 is 1.21 bits per heavy atom. The van der Waals surface area contributed by atoms with E-state index in [9.17, 15) is 9.18 Å². The molecular formula is C23H26FN7O2S. The summed E-state index contributed by atoms with van der Waals surface area (Å²) in [5, 5.41) is 18.1. The van der Waals surface area contributed by atoms with Gasteiger partial charge in [-0.15, -0.1) is 0 Å². The highest BCUT2D eigenvalue weighted by Crippen LogP contribution is 2.32. The molecule has 1 unspecified atom stereocenters. The first-order valence-electron chi connectivity index (χ1n) is 10.8. The van der Waals surface area contributed by atoms with Gasteiger partial charge in [0.05, 0.1) is 36.1 Å². The van der Waals surface area contributed by atoms with Crippen LogP contribution in [0.1, 0.15) is 29.9 Å². The smallest absolute Gasteiger partial charge is 0.253 e. The minimum atomic E-state index is -1.50. The van der Waals surface area contributed by atoms with Gasteiger partial charge in [0.2, 0.25) is 0 Å². The molecular weight excluding hydrogens is 457 g/mol. The number of carbonyl (C=O) groups is 1. The van der Waals surface area contributed by atoms with Crippen molar-refractivity contribution in [2.75, 3.05) is 23.8 Å². The van der Waals surface area contributed by atoms with Crippen LogP contribution in [-0.2, 0) is 0 Å². The summed E-state index contributed by atoms with van der Waals surface area (Å²) in [6.07, 6.45) is 0.230. The van der Waals surface area contributed by atoms with E-state index in [2.05, 4.69) is 34.7 Å². The van der Waals surface area contributed by atoms with Crippen molar-refractivity contribution in [3.05, 3.63) is 47.8 Å². The molecule has 3 aromatic heterocycles. The van der Waals surface area contributed by atoms with Gasteiger partial charge in [0, 0.05) is 40.9 Å². The van der Waals surface area contributed by atoms with Crippen LogP contribution in [0, 0.1) is 6.92 Å². The number of rotatable bonds is 9. The van der Waals surface area contributed by atoms with Crippen LogP contribution >= 0.6 is 11.7 Å². The number of benzene rings is 1. The number of anilines is 3. The summed E-state index contributed by atoms with van der Waals surface area (Å²) < 4.78 is 21.8. The van der Waals surface area contributed by atoms with Crippen LogP contribution < -0.4 is 16.0 Å². The Bertz CT molecular complexity index is 1300. The summed E-state index contributed by atoms with van der Waals surface area (Å²) in [6.45, 7) is 4.96. The maximum absolute atomic E-state index is 13.3. The van der Waals surface area contributed by atoms with Gasteiger partial charge in [0.25, 0.3) is 5.91 Å². The second kappa shape index (κ2) is 10.1. The molecule has 0 aliphatic carbocycles. The largest absolute Gasteiger partial charge is 0.393 e. The predicted octanol–water partition coefficient (Wildman–Crippen LogP) is 4.01. The van der Waals surface area contributed by atoms with Crippen molar-refractivity contribution in [1.29, 1.82) is 0 Å². The molecule has 0 aliphatic heterocycles. The SMILES string of the molecule is Cc1[nH]c(-c2cnc(Nc3ccc4nsnc4c3)cc2NC(C)C)cc1C(=O)NCC(F)CO. The van der Waals surface area contributed by atoms with E-state index in [0.717, 1.165) is 28.0 Å². The van der Waals surface area contributed by atoms with Gasteiger partial charge in [0.15, 0.2) is 0 Å². The van der Waals surface area contributed by atoms with Gasteiger partial charge in [-0.25, -0.2) is 9.37 Å². The number of aliphatic hydroxyl groups excluding tert-OH is 1. The summed E-state index contributed by atoms with van der Waals surface area (Å²) in [5.41, 5.74) is 5.90. The number of aliphatic hydroxyl groups is 1. The number of halogens is 1. The topological polar surface area (TPSA) is 128 Å².